The molecule has 3 heteroatoms. The molecule has 96 valence electrons. The van der Waals surface area contributed by atoms with Crippen LogP contribution in [-0.4, -0.2) is 5.11 Å². The van der Waals surface area contributed by atoms with Gasteiger partial charge in [-0.3, -0.25) is 0 Å². The van der Waals surface area contributed by atoms with Crippen LogP contribution in [0.5, 0.6) is 0 Å². The van der Waals surface area contributed by atoms with Gasteiger partial charge in [0.1, 0.15) is 11.4 Å². The van der Waals surface area contributed by atoms with Crippen LogP contribution in [0.25, 0.3) is 0 Å². The molecular weight excluding hydrogens is 241 g/mol. The minimum Gasteiger partial charge on any atom is -0.381 e. The Balaban J connectivity index is 2.54. The van der Waals surface area contributed by atoms with Crippen molar-refractivity contribution in [2.75, 3.05) is 0 Å². The number of aliphatic hydroxyl groups is 1. The van der Waals surface area contributed by atoms with Crippen molar-refractivity contribution >= 4 is 0 Å². The number of hydrogen-bond acceptors (Lipinski definition) is 2. The van der Waals surface area contributed by atoms with Gasteiger partial charge in [-0.2, -0.15) is 5.26 Å². The smallest absolute Gasteiger partial charge is 0.123 e. The lowest BCUT2D eigenvalue weighted by Crippen LogP contribution is -2.23. The van der Waals surface area contributed by atoms with Crippen LogP contribution in [0.2, 0.25) is 0 Å². The SMILES string of the molecule is Cc1cc(F)cc(C(C)(O)c2cccc(C#N)c2)c1. The van der Waals surface area contributed by atoms with E-state index < -0.39 is 5.60 Å². The monoisotopic (exact) mass is 255 g/mol. The summed E-state index contributed by atoms with van der Waals surface area (Å²) in [6.45, 7) is 3.37. The number of benzene rings is 2. The van der Waals surface area contributed by atoms with Crippen LogP contribution in [-0.2, 0) is 5.60 Å². The summed E-state index contributed by atoms with van der Waals surface area (Å²) in [4.78, 5) is 0. The van der Waals surface area contributed by atoms with Crippen molar-refractivity contribution in [1.82, 2.24) is 0 Å². The van der Waals surface area contributed by atoms with E-state index in [2.05, 4.69) is 0 Å². The molecule has 0 fully saturated rings. The van der Waals surface area contributed by atoms with Gasteiger partial charge in [-0.05, 0) is 54.8 Å². The molecule has 0 bridgehead atoms. The Kier molecular flexibility index (Phi) is 3.37. The topological polar surface area (TPSA) is 44.0 Å². The van der Waals surface area contributed by atoms with E-state index in [0.717, 1.165) is 5.56 Å². The third-order valence-electron chi connectivity index (χ3n) is 3.16. The molecule has 0 aliphatic rings. The molecule has 2 aromatic carbocycles. The van der Waals surface area contributed by atoms with Crippen molar-refractivity contribution in [2.24, 2.45) is 0 Å². The maximum Gasteiger partial charge on any atom is 0.123 e. The van der Waals surface area contributed by atoms with Crippen molar-refractivity contribution in [1.29, 1.82) is 5.26 Å². The molecule has 0 aliphatic carbocycles. The Morgan fingerprint density at radius 1 is 1.16 bits per heavy atom. The summed E-state index contributed by atoms with van der Waals surface area (Å²) in [6.07, 6.45) is 0. The molecule has 0 aliphatic heterocycles. The summed E-state index contributed by atoms with van der Waals surface area (Å²) in [6, 6.07) is 13.2. The van der Waals surface area contributed by atoms with Gasteiger partial charge in [0.25, 0.3) is 0 Å². The number of hydrogen-bond donors (Lipinski definition) is 1. The summed E-state index contributed by atoms with van der Waals surface area (Å²) in [5.74, 6) is -0.383. The highest BCUT2D eigenvalue weighted by Gasteiger charge is 2.26. The molecule has 1 N–H and O–H groups in total. The van der Waals surface area contributed by atoms with Gasteiger partial charge in [0, 0.05) is 0 Å². The lowest BCUT2D eigenvalue weighted by atomic mass is 9.87. The molecule has 0 spiro atoms. The second kappa shape index (κ2) is 4.83. The standard InChI is InChI=1S/C16H14FNO/c1-11-6-14(9-15(17)7-11)16(2,19)13-5-3-4-12(8-13)10-18/h3-9,19H,1-2H3. The second-order valence-corrected chi connectivity index (χ2v) is 4.78. The second-order valence-electron chi connectivity index (χ2n) is 4.78. The highest BCUT2D eigenvalue weighted by atomic mass is 19.1. The Hall–Kier alpha value is -2.18. The minimum absolute atomic E-state index is 0.383. The van der Waals surface area contributed by atoms with Crippen molar-refractivity contribution < 1.29 is 9.50 Å². The molecule has 2 rings (SSSR count). The molecule has 2 nitrogen and oxygen atoms in total. The third-order valence-corrected chi connectivity index (χ3v) is 3.16. The Morgan fingerprint density at radius 2 is 1.89 bits per heavy atom. The molecule has 19 heavy (non-hydrogen) atoms. The molecule has 0 amide bonds. The van der Waals surface area contributed by atoms with Crippen LogP contribution < -0.4 is 0 Å². The molecule has 1 unspecified atom stereocenters. The van der Waals surface area contributed by atoms with E-state index in [1.165, 1.54) is 12.1 Å². The first-order valence-electron chi connectivity index (χ1n) is 5.94. The summed E-state index contributed by atoms with van der Waals surface area (Å²) >= 11 is 0. The van der Waals surface area contributed by atoms with Gasteiger partial charge in [-0.25, -0.2) is 4.39 Å². The predicted octanol–water partition coefficient (Wildman–Crippen LogP) is 3.26. The van der Waals surface area contributed by atoms with Gasteiger partial charge in [0.05, 0.1) is 11.6 Å². The number of nitrogens with zero attached hydrogens (tertiary/aromatic N) is 1. The lowest BCUT2D eigenvalue weighted by Gasteiger charge is -2.25. The zero-order chi connectivity index (χ0) is 14.0. The molecule has 0 saturated carbocycles. The van der Waals surface area contributed by atoms with E-state index >= 15 is 0 Å². The molecule has 0 heterocycles. The molecule has 2 aromatic rings. The van der Waals surface area contributed by atoms with Crippen molar-refractivity contribution in [3.8, 4) is 6.07 Å². The Bertz CT molecular complexity index is 636. The van der Waals surface area contributed by atoms with E-state index in [1.807, 2.05) is 6.07 Å². The van der Waals surface area contributed by atoms with Crippen LogP contribution >= 0.6 is 0 Å². The highest BCUT2D eigenvalue weighted by Crippen LogP contribution is 2.30. The zero-order valence-electron chi connectivity index (χ0n) is 10.8. The van der Waals surface area contributed by atoms with Gasteiger partial charge in [0.15, 0.2) is 0 Å². The van der Waals surface area contributed by atoms with Crippen LogP contribution in [0.15, 0.2) is 42.5 Å². The van der Waals surface area contributed by atoms with Gasteiger partial charge in [-0.1, -0.05) is 18.2 Å². The molecule has 0 saturated heterocycles. The predicted molar refractivity (Wildman–Crippen MR) is 71.0 cm³/mol. The quantitative estimate of drug-likeness (QED) is 0.895. The van der Waals surface area contributed by atoms with Gasteiger partial charge >= 0.3 is 0 Å². The van der Waals surface area contributed by atoms with Gasteiger partial charge in [0.2, 0.25) is 0 Å². The summed E-state index contributed by atoms with van der Waals surface area (Å²) in [5, 5.41) is 19.5. The first-order valence-corrected chi connectivity index (χ1v) is 5.94. The average Bonchev–Trinajstić information content (AvgIpc) is 2.37. The summed E-state index contributed by atoms with van der Waals surface area (Å²) in [7, 11) is 0. The average molecular weight is 255 g/mol. The normalized spacial score (nSPS) is 13.6. The Morgan fingerprint density at radius 3 is 2.53 bits per heavy atom. The molecular formula is C16H14FNO. The summed E-state index contributed by atoms with van der Waals surface area (Å²) in [5.41, 5.74) is 0.911. The zero-order valence-corrected chi connectivity index (χ0v) is 10.8. The fraction of sp³-hybridized carbons (Fsp3) is 0.188. The lowest BCUT2D eigenvalue weighted by molar-refractivity contribution is 0.102. The maximum absolute atomic E-state index is 13.5. The number of rotatable bonds is 2. The molecule has 0 radical (unpaired) electrons. The highest BCUT2D eigenvalue weighted by molar-refractivity contribution is 5.41. The fourth-order valence-corrected chi connectivity index (χ4v) is 2.08. The molecule has 1 atom stereocenters. The number of nitriles is 1. The first-order chi connectivity index (χ1) is 8.93. The largest absolute Gasteiger partial charge is 0.381 e. The van der Waals surface area contributed by atoms with E-state index in [1.54, 1.807) is 44.2 Å². The van der Waals surface area contributed by atoms with E-state index in [-0.39, 0.29) is 5.82 Å². The van der Waals surface area contributed by atoms with Crippen LogP contribution in [0.1, 0.15) is 29.2 Å². The van der Waals surface area contributed by atoms with Gasteiger partial charge in [-0.15, -0.1) is 0 Å². The van der Waals surface area contributed by atoms with E-state index in [9.17, 15) is 9.50 Å². The summed E-state index contributed by atoms with van der Waals surface area (Å²) < 4.78 is 13.5. The fourth-order valence-electron chi connectivity index (χ4n) is 2.08. The van der Waals surface area contributed by atoms with Crippen LogP contribution in [0, 0.1) is 24.1 Å². The van der Waals surface area contributed by atoms with Crippen molar-refractivity contribution in [2.45, 2.75) is 19.4 Å². The van der Waals surface area contributed by atoms with Crippen LogP contribution in [0.3, 0.4) is 0 Å². The first kappa shape index (κ1) is 13.3. The van der Waals surface area contributed by atoms with Crippen molar-refractivity contribution in [3.63, 3.8) is 0 Å². The van der Waals surface area contributed by atoms with Crippen LogP contribution in [0.4, 0.5) is 4.39 Å². The van der Waals surface area contributed by atoms with Gasteiger partial charge < -0.3 is 5.11 Å². The maximum atomic E-state index is 13.5. The van der Waals surface area contributed by atoms with E-state index in [4.69, 9.17) is 5.26 Å². The van der Waals surface area contributed by atoms with Crippen molar-refractivity contribution in [3.05, 3.63) is 70.5 Å². The minimum atomic E-state index is -1.33. The third kappa shape index (κ3) is 2.64. The number of aryl methyl sites for hydroxylation is 1. The Labute approximate surface area is 111 Å². The molecule has 0 aromatic heterocycles. The van der Waals surface area contributed by atoms with E-state index in [0.29, 0.717) is 16.7 Å². The number of halogens is 1.